The van der Waals surface area contributed by atoms with E-state index in [-0.39, 0.29) is 54.1 Å². The van der Waals surface area contributed by atoms with Gasteiger partial charge < -0.3 is 19.4 Å². The Labute approximate surface area is 208 Å². The molecule has 13 nitrogen and oxygen atoms in total. The van der Waals surface area contributed by atoms with Gasteiger partial charge in [0.2, 0.25) is 11.9 Å². The number of nitrogens with zero attached hydrogens (tertiary/aromatic N) is 4. The molecule has 1 fully saturated rings. The first kappa shape index (κ1) is 27.1. The predicted octanol–water partition coefficient (Wildman–Crippen LogP) is 1.42. The molecule has 3 heterocycles. The molecule has 0 aliphatic carbocycles. The Morgan fingerprint density at radius 2 is 2.00 bits per heavy atom. The van der Waals surface area contributed by atoms with Gasteiger partial charge in [-0.3, -0.25) is 29.6 Å². The maximum absolute atomic E-state index is 12.9. The number of ether oxygens (including phenoxy) is 2. The minimum absolute atomic E-state index is 0.0297. The van der Waals surface area contributed by atoms with Crippen LogP contribution in [-0.4, -0.2) is 80.3 Å². The first-order chi connectivity index (χ1) is 16.9. The predicted molar refractivity (Wildman–Crippen MR) is 132 cm³/mol. The number of carbonyl (C=O) groups excluding carboxylic acids is 3. The summed E-state index contributed by atoms with van der Waals surface area (Å²) in [6.07, 6.45) is 1.36. The van der Waals surface area contributed by atoms with E-state index in [0.29, 0.717) is 19.5 Å². The fourth-order valence-electron chi connectivity index (χ4n) is 3.98. The van der Waals surface area contributed by atoms with E-state index in [4.69, 9.17) is 9.47 Å². The molecule has 0 radical (unpaired) electrons. The second-order valence-electron chi connectivity index (χ2n) is 9.96. The molecule has 3 rings (SSSR count). The van der Waals surface area contributed by atoms with Crippen molar-refractivity contribution >= 4 is 35.1 Å². The number of likely N-dealkylation sites (tertiary alicyclic amines) is 1. The number of amides is 2. The Bertz CT molecular complexity index is 1170. The summed E-state index contributed by atoms with van der Waals surface area (Å²) in [7, 11) is 0. The molecule has 1 aliphatic heterocycles. The van der Waals surface area contributed by atoms with Gasteiger partial charge in [-0.05, 0) is 34.1 Å². The summed E-state index contributed by atoms with van der Waals surface area (Å²) in [5.74, 6) is -0.896. The number of hydrogen-bond donors (Lipinski definition) is 3. The summed E-state index contributed by atoms with van der Waals surface area (Å²) in [6, 6.07) is -0.811. The molecule has 1 saturated heterocycles. The lowest BCUT2D eigenvalue weighted by atomic mass is 10.1. The molecule has 36 heavy (non-hydrogen) atoms. The monoisotopic (exact) mass is 505 g/mol. The number of rotatable bonds is 8. The lowest BCUT2D eigenvalue weighted by Crippen LogP contribution is -2.42. The lowest BCUT2D eigenvalue weighted by Gasteiger charge is -2.23. The normalized spacial score (nSPS) is 18.4. The van der Waals surface area contributed by atoms with Gasteiger partial charge in [0.15, 0.2) is 11.2 Å². The van der Waals surface area contributed by atoms with Crippen LogP contribution in [0, 0.1) is 5.92 Å². The summed E-state index contributed by atoms with van der Waals surface area (Å²) in [4.78, 5) is 62.5. The minimum atomic E-state index is -0.614. The number of hydrogen-bond acceptors (Lipinski definition) is 9. The van der Waals surface area contributed by atoms with Gasteiger partial charge in [-0.1, -0.05) is 13.8 Å². The van der Waals surface area contributed by atoms with Gasteiger partial charge in [0, 0.05) is 25.6 Å². The number of fused-ring (bicyclic) bond motifs is 1. The third-order valence-electron chi connectivity index (χ3n) is 5.61. The molecule has 2 aromatic rings. The Kier molecular flexibility index (Phi) is 8.33. The summed E-state index contributed by atoms with van der Waals surface area (Å²) in [6.45, 7) is 11.9. The molecule has 2 atom stereocenters. The van der Waals surface area contributed by atoms with Crippen molar-refractivity contribution in [2.24, 2.45) is 5.92 Å². The quantitative estimate of drug-likeness (QED) is 0.451. The second-order valence-corrected chi connectivity index (χ2v) is 9.96. The first-order valence-electron chi connectivity index (χ1n) is 12.0. The summed E-state index contributed by atoms with van der Waals surface area (Å²) >= 11 is 0. The average molecular weight is 506 g/mol. The van der Waals surface area contributed by atoms with Crippen LogP contribution in [0.15, 0.2) is 11.1 Å². The maximum atomic E-state index is 12.9. The number of esters is 1. The summed E-state index contributed by atoms with van der Waals surface area (Å²) < 4.78 is 12.2. The van der Waals surface area contributed by atoms with Crippen LogP contribution in [0.5, 0.6) is 0 Å². The van der Waals surface area contributed by atoms with E-state index in [2.05, 4.69) is 25.6 Å². The van der Waals surface area contributed by atoms with E-state index in [0.717, 1.165) is 0 Å². The van der Waals surface area contributed by atoms with Crippen molar-refractivity contribution in [1.82, 2.24) is 29.7 Å². The number of alkyl carbamates (subject to hydrolysis) is 1. The van der Waals surface area contributed by atoms with Crippen LogP contribution in [0.25, 0.3) is 11.2 Å². The van der Waals surface area contributed by atoms with E-state index < -0.39 is 23.3 Å². The van der Waals surface area contributed by atoms with Crippen molar-refractivity contribution in [2.75, 3.05) is 31.6 Å². The van der Waals surface area contributed by atoms with Crippen molar-refractivity contribution in [3.8, 4) is 0 Å². The maximum Gasteiger partial charge on any atom is 0.407 e. The zero-order chi connectivity index (χ0) is 26.6. The van der Waals surface area contributed by atoms with E-state index in [1.807, 2.05) is 4.90 Å². The molecule has 0 aromatic carbocycles. The average Bonchev–Trinajstić information content (AvgIpc) is 3.37. The van der Waals surface area contributed by atoms with Crippen LogP contribution < -0.4 is 16.2 Å². The number of imidazole rings is 1. The fraction of sp³-hybridized carbons (Fsp3) is 0.652. The van der Waals surface area contributed by atoms with Gasteiger partial charge in [0.25, 0.3) is 5.56 Å². The molecule has 3 N–H and O–H groups in total. The molecule has 0 bridgehead atoms. The largest absolute Gasteiger partial charge is 0.465 e. The Balaban J connectivity index is 1.77. The van der Waals surface area contributed by atoms with Crippen molar-refractivity contribution in [1.29, 1.82) is 0 Å². The van der Waals surface area contributed by atoms with Crippen molar-refractivity contribution in [3.63, 3.8) is 0 Å². The Morgan fingerprint density at radius 3 is 2.64 bits per heavy atom. The standard InChI is InChI=1S/C23H35N7O6/c1-7-35-20(33)15-10-14(11-29(15)9-8-24-22(34)36-23(4,5)6)30-12-25-17-16(30)19(32)28-21(26-17)27-18(31)13(2)3/h12-15H,7-11H2,1-6H3,(H,24,34)(H2,26,27,28,31,32)/t14-,15-/m0/s1. The molecular weight excluding hydrogens is 470 g/mol. The molecule has 13 heteroatoms. The summed E-state index contributed by atoms with van der Waals surface area (Å²) in [5.41, 5.74) is -0.624. The Morgan fingerprint density at radius 1 is 1.28 bits per heavy atom. The molecule has 1 aliphatic rings. The lowest BCUT2D eigenvalue weighted by molar-refractivity contribution is -0.148. The van der Waals surface area contributed by atoms with Crippen LogP contribution in [0.1, 0.15) is 54.0 Å². The highest BCUT2D eigenvalue weighted by atomic mass is 16.6. The van der Waals surface area contributed by atoms with Gasteiger partial charge >= 0.3 is 12.1 Å². The van der Waals surface area contributed by atoms with Gasteiger partial charge in [0.1, 0.15) is 11.6 Å². The molecule has 0 spiro atoms. The van der Waals surface area contributed by atoms with Crippen molar-refractivity contribution < 1.29 is 23.9 Å². The van der Waals surface area contributed by atoms with Crippen LogP contribution >= 0.6 is 0 Å². The number of H-pyrrole nitrogens is 1. The van der Waals surface area contributed by atoms with Gasteiger partial charge in [0.05, 0.1) is 19.0 Å². The molecular formula is C23H35N7O6. The smallest absolute Gasteiger partial charge is 0.407 e. The van der Waals surface area contributed by atoms with Crippen LogP contribution in [0.2, 0.25) is 0 Å². The van der Waals surface area contributed by atoms with E-state index in [1.54, 1.807) is 46.1 Å². The minimum Gasteiger partial charge on any atom is -0.465 e. The highest BCUT2D eigenvalue weighted by Crippen LogP contribution is 2.29. The number of nitrogens with one attached hydrogen (secondary N) is 3. The van der Waals surface area contributed by atoms with Gasteiger partial charge in [-0.25, -0.2) is 9.78 Å². The van der Waals surface area contributed by atoms with Crippen LogP contribution in [-0.2, 0) is 19.1 Å². The third kappa shape index (κ3) is 6.59. The molecule has 2 aromatic heterocycles. The Hall–Kier alpha value is -3.48. The number of carbonyl (C=O) groups is 3. The number of aromatic amines is 1. The van der Waals surface area contributed by atoms with E-state index in [1.165, 1.54) is 6.33 Å². The van der Waals surface area contributed by atoms with Crippen molar-refractivity contribution in [3.05, 3.63) is 16.7 Å². The highest BCUT2D eigenvalue weighted by molar-refractivity contribution is 5.91. The molecule has 0 saturated carbocycles. The number of aromatic nitrogens is 4. The third-order valence-corrected chi connectivity index (χ3v) is 5.61. The first-order valence-corrected chi connectivity index (χ1v) is 12.0. The van der Waals surface area contributed by atoms with Crippen LogP contribution in [0.3, 0.4) is 0 Å². The molecule has 198 valence electrons. The highest BCUT2D eigenvalue weighted by Gasteiger charge is 2.39. The SMILES string of the molecule is CCOC(=O)[C@@H]1C[C@H](n2cnc3nc(NC(=O)C(C)C)[nH]c(=O)c32)CN1CCNC(=O)OC(C)(C)C. The zero-order valence-electron chi connectivity index (χ0n) is 21.6. The van der Waals surface area contributed by atoms with E-state index >= 15 is 0 Å². The number of anilines is 1. The topological polar surface area (TPSA) is 161 Å². The van der Waals surface area contributed by atoms with Gasteiger partial charge in [-0.2, -0.15) is 4.98 Å². The fourth-order valence-corrected chi connectivity index (χ4v) is 3.98. The van der Waals surface area contributed by atoms with Crippen molar-refractivity contribution in [2.45, 2.75) is 65.6 Å². The van der Waals surface area contributed by atoms with Crippen LogP contribution in [0.4, 0.5) is 10.7 Å². The molecule has 2 amide bonds. The second kappa shape index (κ2) is 11.1. The summed E-state index contributed by atoms with van der Waals surface area (Å²) in [5, 5.41) is 5.28. The van der Waals surface area contributed by atoms with E-state index in [9.17, 15) is 19.2 Å². The molecule has 0 unspecified atom stereocenters. The van der Waals surface area contributed by atoms with Gasteiger partial charge in [-0.15, -0.1) is 0 Å². The zero-order valence-corrected chi connectivity index (χ0v) is 21.6.